The third-order valence-corrected chi connectivity index (χ3v) is 2.92. The Morgan fingerprint density at radius 2 is 1.90 bits per heavy atom. The highest BCUT2D eigenvalue weighted by Gasteiger charge is 2.02. The Morgan fingerprint density at radius 1 is 1.14 bits per heavy atom. The van der Waals surface area contributed by atoms with Crippen LogP contribution < -0.4 is 4.74 Å². The van der Waals surface area contributed by atoms with Crippen molar-refractivity contribution in [2.24, 2.45) is 0 Å². The first kappa shape index (κ1) is 15.1. The standard InChI is InChI=1S/C18H17FO2/c1-14-5-8-17(9-6-14)21-13-15-7-10-18(19)16(12-15)4-2-3-11-20/h5-10,12,20H,3,11,13H2,1H3. The second-order valence-corrected chi connectivity index (χ2v) is 4.69. The number of hydrogen-bond acceptors (Lipinski definition) is 2. The van der Waals surface area contributed by atoms with Crippen molar-refractivity contribution in [1.29, 1.82) is 0 Å². The zero-order chi connectivity index (χ0) is 15.1. The van der Waals surface area contributed by atoms with Gasteiger partial charge in [0.05, 0.1) is 12.2 Å². The molecule has 0 aliphatic rings. The average molecular weight is 284 g/mol. The van der Waals surface area contributed by atoms with Crippen molar-refractivity contribution in [2.75, 3.05) is 6.61 Å². The van der Waals surface area contributed by atoms with Gasteiger partial charge in [0, 0.05) is 6.42 Å². The number of aryl methyl sites for hydroxylation is 1. The summed E-state index contributed by atoms with van der Waals surface area (Å²) in [6, 6.07) is 12.5. The molecule has 21 heavy (non-hydrogen) atoms. The Bertz CT molecular complexity index is 651. The average Bonchev–Trinajstić information content (AvgIpc) is 2.49. The van der Waals surface area contributed by atoms with Crippen LogP contribution in [0.5, 0.6) is 5.75 Å². The Hall–Kier alpha value is -2.31. The minimum Gasteiger partial charge on any atom is -0.489 e. The van der Waals surface area contributed by atoms with Crippen molar-refractivity contribution in [2.45, 2.75) is 20.0 Å². The Kier molecular flexibility index (Phi) is 5.36. The molecule has 0 radical (unpaired) electrons. The summed E-state index contributed by atoms with van der Waals surface area (Å²) in [6.45, 7) is 2.35. The molecule has 0 spiro atoms. The largest absolute Gasteiger partial charge is 0.489 e. The van der Waals surface area contributed by atoms with Crippen LogP contribution in [-0.4, -0.2) is 11.7 Å². The molecule has 2 aromatic rings. The highest BCUT2D eigenvalue weighted by Crippen LogP contribution is 2.15. The van der Waals surface area contributed by atoms with Crippen molar-refractivity contribution < 1.29 is 14.2 Å². The van der Waals surface area contributed by atoms with Crippen LogP contribution in [0.1, 0.15) is 23.1 Å². The zero-order valence-corrected chi connectivity index (χ0v) is 11.9. The van der Waals surface area contributed by atoms with Crippen molar-refractivity contribution in [3.05, 3.63) is 65.0 Å². The third-order valence-electron chi connectivity index (χ3n) is 2.92. The number of hydrogen-bond donors (Lipinski definition) is 1. The number of aliphatic hydroxyl groups is 1. The molecular formula is C18H17FO2. The van der Waals surface area contributed by atoms with E-state index in [4.69, 9.17) is 9.84 Å². The first-order chi connectivity index (χ1) is 10.2. The molecule has 0 unspecified atom stereocenters. The second-order valence-electron chi connectivity index (χ2n) is 4.69. The maximum Gasteiger partial charge on any atom is 0.138 e. The lowest BCUT2D eigenvalue weighted by Gasteiger charge is -2.07. The number of aliphatic hydroxyl groups excluding tert-OH is 1. The summed E-state index contributed by atoms with van der Waals surface area (Å²) in [5, 5.41) is 8.68. The van der Waals surface area contributed by atoms with Crippen molar-refractivity contribution in [3.63, 3.8) is 0 Å². The monoisotopic (exact) mass is 284 g/mol. The van der Waals surface area contributed by atoms with Crippen LogP contribution in [0, 0.1) is 24.6 Å². The van der Waals surface area contributed by atoms with E-state index in [1.807, 2.05) is 31.2 Å². The van der Waals surface area contributed by atoms with Gasteiger partial charge in [0.1, 0.15) is 18.2 Å². The highest BCUT2D eigenvalue weighted by atomic mass is 19.1. The summed E-state index contributed by atoms with van der Waals surface area (Å²) in [4.78, 5) is 0. The van der Waals surface area contributed by atoms with Gasteiger partial charge in [-0.05, 0) is 36.8 Å². The summed E-state index contributed by atoms with van der Waals surface area (Å²) in [5.41, 5.74) is 2.35. The number of rotatable bonds is 4. The SMILES string of the molecule is Cc1ccc(OCc2ccc(F)c(C#CCCO)c2)cc1. The van der Waals surface area contributed by atoms with E-state index in [1.54, 1.807) is 12.1 Å². The van der Waals surface area contributed by atoms with E-state index < -0.39 is 0 Å². The number of halogens is 1. The van der Waals surface area contributed by atoms with E-state index in [-0.39, 0.29) is 12.4 Å². The van der Waals surface area contributed by atoms with Crippen molar-refractivity contribution >= 4 is 0 Å². The first-order valence-electron chi connectivity index (χ1n) is 6.76. The summed E-state index contributed by atoms with van der Waals surface area (Å²) >= 11 is 0. The molecule has 0 saturated heterocycles. The molecule has 2 rings (SSSR count). The number of ether oxygens (including phenoxy) is 1. The normalized spacial score (nSPS) is 9.86. The molecule has 2 nitrogen and oxygen atoms in total. The Morgan fingerprint density at radius 3 is 2.62 bits per heavy atom. The quantitative estimate of drug-likeness (QED) is 0.871. The Balaban J connectivity index is 2.05. The maximum absolute atomic E-state index is 13.6. The van der Waals surface area contributed by atoms with Crippen LogP contribution in [0.3, 0.4) is 0 Å². The van der Waals surface area contributed by atoms with Crippen LogP contribution in [0.15, 0.2) is 42.5 Å². The van der Waals surface area contributed by atoms with Gasteiger partial charge in [0.15, 0.2) is 0 Å². The van der Waals surface area contributed by atoms with Crippen LogP contribution in [-0.2, 0) is 6.61 Å². The van der Waals surface area contributed by atoms with E-state index in [0.717, 1.165) is 11.3 Å². The minimum atomic E-state index is -0.362. The van der Waals surface area contributed by atoms with E-state index in [9.17, 15) is 4.39 Å². The molecule has 0 aromatic heterocycles. The smallest absolute Gasteiger partial charge is 0.138 e. The predicted octanol–water partition coefficient (Wildman–Crippen LogP) is 3.45. The molecular weight excluding hydrogens is 267 g/mol. The van der Waals surface area contributed by atoms with Gasteiger partial charge in [0.25, 0.3) is 0 Å². The molecule has 0 saturated carbocycles. The Labute approximate surface area is 124 Å². The van der Waals surface area contributed by atoms with E-state index in [0.29, 0.717) is 18.6 Å². The molecule has 0 atom stereocenters. The van der Waals surface area contributed by atoms with Gasteiger partial charge in [-0.15, -0.1) is 0 Å². The third kappa shape index (κ3) is 4.62. The highest BCUT2D eigenvalue weighted by molar-refractivity contribution is 5.38. The van der Waals surface area contributed by atoms with Gasteiger partial charge >= 0.3 is 0 Å². The van der Waals surface area contributed by atoms with Gasteiger partial charge in [-0.25, -0.2) is 4.39 Å². The molecule has 0 bridgehead atoms. The van der Waals surface area contributed by atoms with E-state index in [2.05, 4.69) is 11.8 Å². The molecule has 3 heteroatoms. The molecule has 0 fully saturated rings. The van der Waals surface area contributed by atoms with E-state index >= 15 is 0 Å². The molecule has 2 aromatic carbocycles. The fourth-order valence-corrected chi connectivity index (χ4v) is 1.77. The molecule has 0 aliphatic heterocycles. The fourth-order valence-electron chi connectivity index (χ4n) is 1.77. The summed E-state index contributed by atoms with van der Waals surface area (Å²) in [6.07, 6.45) is 0.337. The lowest BCUT2D eigenvalue weighted by Crippen LogP contribution is -1.97. The molecule has 1 N–H and O–H groups in total. The molecule has 0 heterocycles. The lowest BCUT2D eigenvalue weighted by molar-refractivity contribution is 0.305. The van der Waals surface area contributed by atoms with Gasteiger partial charge in [0.2, 0.25) is 0 Å². The van der Waals surface area contributed by atoms with Crippen molar-refractivity contribution in [3.8, 4) is 17.6 Å². The zero-order valence-electron chi connectivity index (χ0n) is 11.9. The second kappa shape index (κ2) is 7.47. The maximum atomic E-state index is 13.6. The first-order valence-corrected chi connectivity index (χ1v) is 6.76. The predicted molar refractivity (Wildman–Crippen MR) is 80.5 cm³/mol. The van der Waals surface area contributed by atoms with E-state index in [1.165, 1.54) is 11.6 Å². The van der Waals surface area contributed by atoms with Gasteiger partial charge in [-0.3, -0.25) is 0 Å². The fraction of sp³-hybridized carbons (Fsp3) is 0.222. The van der Waals surface area contributed by atoms with Crippen LogP contribution in [0.4, 0.5) is 4.39 Å². The van der Waals surface area contributed by atoms with Gasteiger partial charge in [-0.1, -0.05) is 35.6 Å². The van der Waals surface area contributed by atoms with Gasteiger partial charge < -0.3 is 9.84 Å². The lowest BCUT2D eigenvalue weighted by atomic mass is 10.1. The van der Waals surface area contributed by atoms with Crippen LogP contribution in [0.2, 0.25) is 0 Å². The van der Waals surface area contributed by atoms with Crippen LogP contribution in [0.25, 0.3) is 0 Å². The van der Waals surface area contributed by atoms with Crippen molar-refractivity contribution in [1.82, 2.24) is 0 Å². The topological polar surface area (TPSA) is 29.5 Å². The molecule has 108 valence electrons. The molecule has 0 aliphatic carbocycles. The minimum absolute atomic E-state index is 0.0230. The van der Waals surface area contributed by atoms with Crippen LogP contribution >= 0.6 is 0 Å². The summed E-state index contributed by atoms with van der Waals surface area (Å²) in [5.74, 6) is 5.85. The summed E-state index contributed by atoms with van der Waals surface area (Å²) in [7, 11) is 0. The summed E-state index contributed by atoms with van der Waals surface area (Å²) < 4.78 is 19.3. The van der Waals surface area contributed by atoms with Gasteiger partial charge in [-0.2, -0.15) is 0 Å². The molecule has 0 amide bonds. The number of benzene rings is 2.